The third-order valence-electron chi connectivity index (χ3n) is 3.64. The van der Waals surface area contributed by atoms with Crippen molar-refractivity contribution in [3.05, 3.63) is 63.7 Å². The number of benzene rings is 2. The quantitative estimate of drug-likeness (QED) is 0.850. The summed E-state index contributed by atoms with van der Waals surface area (Å²) in [5.41, 5.74) is 5.08. The van der Waals surface area contributed by atoms with Gasteiger partial charge < -0.3 is 5.11 Å². The number of carbonyl (C=O) groups excluding carboxylic acids is 1. The van der Waals surface area contributed by atoms with Crippen LogP contribution in [0.5, 0.6) is 5.75 Å². The summed E-state index contributed by atoms with van der Waals surface area (Å²) in [7, 11) is 0. The van der Waals surface area contributed by atoms with Crippen LogP contribution >= 0.6 is 0 Å². The molecule has 0 bridgehead atoms. The Bertz CT molecular complexity index is 646. The molecule has 0 spiro atoms. The molecule has 0 fully saturated rings. The zero-order valence-corrected chi connectivity index (χ0v) is 12.4. The minimum absolute atomic E-state index is 0.0636. The van der Waals surface area contributed by atoms with Crippen molar-refractivity contribution in [1.82, 2.24) is 0 Å². The van der Waals surface area contributed by atoms with Gasteiger partial charge >= 0.3 is 0 Å². The van der Waals surface area contributed by atoms with E-state index in [-0.39, 0.29) is 11.5 Å². The summed E-state index contributed by atoms with van der Waals surface area (Å²) in [5.74, 6) is -0.0244. The lowest BCUT2D eigenvalue weighted by Crippen LogP contribution is -2.09. The Morgan fingerprint density at radius 1 is 1.05 bits per heavy atom. The van der Waals surface area contributed by atoms with E-state index in [1.165, 1.54) is 0 Å². The summed E-state index contributed by atoms with van der Waals surface area (Å²) >= 11 is 0. The standard InChI is InChI=1S/C18H20O2/c1-5-14-7-6-8-15(19)17(14)18(20)16-12(3)9-11(2)10-13(16)4/h6-10,19H,5H2,1-4H3. The van der Waals surface area contributed by atoms with E-state index in [0.29, 0.717) is 11.1 Å². The van der Waals surface area contributed by atoms with Gasteiger partial charge in [0, 0.05) is 5.56 Å². The molecule has 0 saturated carbocycles. The highest BCUT2D eigenvalue weighted by atomic mass is 16.3. The SMILES string of the molecule is CCc1cccc(O)c1C(=O)c1c(C)cc(C)cc1C. The van der Waals surface area contributed by atoms with Gasteiger partial charge in [-0.3, -0.25) is 4.79 Å². The van der Waals surface area contributed by atoms with Crippen LogP contribution in [0.4, 0.5) is 0 Å². The van der Waals surface area contributed by atoms with Crippen LogP contribution < -0.4 is 0 Å². The molecule has 1 N–H and O–H groups in total. The predicted molar refractivity (Wildman–Crippen MR) is 81.6 cm³/mol. The summed E-state index contributed by atoms with van der Waals surface area (Å²) in [6, 6.07) is 9.26. The molecule has 0 radical (unpaired) electrons. The van der Waals surface area contributed by atoms with Crippen molar-refractivity contribution in [2.45, 2.75) is 34.1 Å². The minimum atomic E-state index is -0.0880. The van der Waals surface area contributed by atoms with Crippen molar-refractivity contribution in [3.63, 3.8) is 0 Å². The smallest absolute Gasteiger partial charge is 0.197 e. The lowest BCUT2D eigenvalue weighted by Gasteiger charge is -2.14. The van der Waals surface area contributed by atoms with Crippen molar-refractivity contribution in [2.75, 3.05) is 0 Å². The number of hydrogen-bond acceptors (Lipinski definition) is 2. The molecule has 0 aliphatic rings. The van der Waals surface area contributed by atoms with Gasteiger partial charge in [0.15, 0.2) is 5.78 Å². The third-order valence-corrected chi connectivity index (χ3v) is 3.64. The van der Waals surface area contributed by atoms with Crippen LogP contribution in [-0.2, 0) is 6.42 Å². The molecule has 0 heterocycles. The van der Waals surface area contributed by atoms with Gasteiger partial charge in [-0.1, -0.05) is 36.8 Å². The molecule has 0 aromatic heterocycles. The number of phenolic OH excluding ortho intramolecular Hbond substituents is 1. The summed E-state index contributed by atoms with van der Waals surface area (Å²) in [6.07, 6.45) is 0.722. The molecule has 0 saturated heterocycles. The lowest BCUT2D eigenvalue weighted by atomic mass is 9.90. The molecular formula is C18H20O2. The van der Waals surface area contributed by atoms with Gasteiger partial charge in [0.25, 0.3) is 0 Å². The Labute approximate surface area is 120 Å². The van der Waals surface area contributed by atoms with Crippen molar-refractivity contribution in [1.29, 1.82) is 0 Å². The molecular weight excluding hydrogens is 248 g/mol. The van der Waals surface area contributed by atoms with E-state index in [1.807, 2.05) is 45.9 Å². The maximum absolute atomic E-state index is 12.8. The normalized spacial score (nSPS) is 10.6. The van der Waals surface area contributed by atoms with Gasteiger partial charge in [-0.25, -0.2) is 0 Å². The molecule has 2 aromatic carbocycles. The number of aromatic hydroxyl groups is 1. The van der Waals surface area contributed by atoms with Gasteiger partial charge in [0.2, 0.25) is 0 Å². The molecule has 0 unspecified atom stereocenters. The van der Waals surface area contributed by atoms with E-state index in [1.54, 1.807) is 12.1 Å². The highest BCUT2D eigenvalue weighted by Crippen LogP contribution is 2.28. The van der Waals surface area contributed by atoms with Gasteiger partial charge in [-0.05, 0) is 49.9 Å². The first-order valence-corrected chi connectivity index (χ1v) is 6.89. The van der Waals surface area contributed by atoms with Gasteiger partial charge in [-0.2, -0.15) is 0 Å². The second-order valence-corrected chi connectivity index (χ2v) is 5.27. The Morgan fingerprint density at radius 3 is 2.20 bits per heavy atom. The highest BCUT2D eigenvalue weighted by Gasteiger charge is 2.20. The summed E-state index contributed by atoms with van der Waals surface area (Å²) in [5, 5.41) is 10.1. The fourth-order valence-corrected chi connectivity index (χ4v) is 2.81. The largest absolute Gasteiger partial charge is 0.507 e. The van der Waals surface area contributed by atoms with Crippen molar-refractivity contribution < 1.29 is 9.90 Å². The minimum Gasteiger partial charge on any atom is -0.507 e. The first kappa shape index (κ1) is 14.3. The third kappa shape index (κ3) is 2.46. The number of phenols is 1. The van der Waals surface area contributed by atoms with Crippen molar-refractivity contribution in [2.24, 2.45) is 0 Å². The number of aryl methyl sites for hydroxylation is 4. The zero-order chi connectivity index (χ0) is 14.9. The number of ketones is 1. The number of hydrogen-bond donors (Lipinski definition) is 1. The van der Waals surface area contributed by atoms with Crippen LogP contribution in [0.25, 0.3) is 0 Å². The monoisotopic (exact) mass is 268 g/mol. The Kier molecular flexibility index (Phi) is 3.93. The first-order valence-electron chi connectivity index (χ1n) is 6.89. The summed E-state index contributed by atoms with van der Waals surface area (Å²) < 4.78 is 0. The molecule has 2 aromatic rings. The molecule has 0 aliphatic heterocycles. The van der Waals surface area contributed by atoms with Crippen molar-refractivity contribution in [3.8, 4) is 5.75 Å². The lowest BCUT2D eigenvalue weighted by molar-refractivity contribution is 0.103. The van der Waals surface area contributed by atoms with Crippen LogP contribution in [0, 0.1) is 20.8 Å². The molecule has 2 nitrogen and oxygen atoms in total. The van der Waals surface area contributed by atoms with Crippen molar-refractivity contribution >= 4 is 5.78 Å². The Balaban J connectivity index is 2.64. The van der Waals surface area contributed by atoms with Crippen LogP contribution in [0.2, 0.25) is 0 Å². The van der Waals surface area contributed by atoms with Gasteiger partial charge in [0.05, 0.1) is 5.56 Å². The predicted octanol–water partition coefficient (Wildman–Crippen LogP) is 4.11. The fourth-order valence-electron chi connectivity index (χ4n) is 2.81. The van der Waals surface area contributed by atoms with E-state index in [9.17, 15) is 9.90 Å². The van der Waals surface area contributed by atoms with Crippen LogP contribution in [0.1, 0.15) is 45.1 Å². The molecule has 2 heteroatoms. The number of rotatable bonds is 3. The van der Waals surface area contributed by atoms with Gasteiger partial charge in [-0.15, -0.1) is 0 Å². The fraction of sp³-hybridized carbons (Fsp3) is 0.278. The van der Waals surface area contributed by atoms with Crippen LogP contribution in [-0.4, -0.2) is 10.9 Å². The Hall–Kier alpha value is -2.09. The van der Waals surface area contributed by atoms with Crippen LogP contribution in [0.15, 0.2) is 30.3 Å². The summed E-state index contributed by atoms with van der Waals surface area (Å²) in [6.45, 7) is 7.89. The number of carbonyl (C=O) groups is 1. The Morgan fingerprint density at radius 2 is 1.65 bits per heavy atom. The van der Waals surface area contributed by atoms with Crippen LogP contribution in [0.3, 0.4) is 0 Å². The molecule has 0 atom stereocenters. The molecule has 2 rings (SSSR count). The molecule has 104 valence electrons. The maximum atomic E-state index is 12.8. The first-order chi connectivity index (χ1) is 9.45. The molecule has 0 amide bonds. The average molecular weight is 268 g/mol. The molecule has 20 heavy (non-hydrogen) atoms. The second-order valence-electron chi connectivity index (χ2n) is 5.27. The van der Waals surface area contributed by atoms with E-state index in [2.05, 4.69) is 0 Å². The zero-order valence-electron chi connectivity index (χ0n) is 12.4. The van der Waals surface area contributed by atoms with E-state index in [4.69, 9.17) is 0 Å². The topological polar surface area (TPSA) is 37.3 Å². The van der Waals surface area contributed by atoms with Gasteiger partial charge in [0.1, 0.15) is 5.75 Å². The van der Waals surface area contributed by atoms with E-state index >= 15 is 0 Å². The summed E-state index contributed by atoms with van der Waals surface area (Å²) in [4.78, 5) is 12.8. The molecule has 0 aliphatic carbocycles. The average Bonchev–Trinajstić information content (AvgIpc) is 2.36. The van der Waals surface area contributed by atoms with E-state index in [0.717, 1.165) is 28.7 Å². The highest BCUT2D eigenvalue weighted by molar-refractivity contribution is 6.13. The maximum Gasteiger partial charge on any atom is 0.197 e. The van der Waals surface area contributed by atoms with E-state index < -0.39 is 0 Å². The second kappa shape index (κ2) is 5.49.